The van der Waals surface area contributed by atoms with Crippen LogP contribution in [0, 0.1) is 0 Å². The van der Waals surface area contributed by atoms with E-state index < -0.39 is 0 Å². The van der Waals surface area contributed by atoms with Crippen molar-refractivity contribution in [1.29, 1.82) is 0 Å². The number of nitrogens with two attached hydrogens (primary N) is 1. The zero-order valence-corrected chi connectivity index (χ0v) is 13.3. The minimum atomic E-state index is 0.0544. The fraction of sp³-hybridized carbons (Fsp3) is 0.368. The summed E-state index contributed by atoms with van der Waals surface area (Å²) >= 11 is 0. The summed E-state index contributed by atoms with van der Waals surface area (Å²) in [6, 6.07) is 15.1. The highest BCUT2D eigenvalue weighted by atomic mass is 14.8. The number of rotatable bonds is 2. The standard InChI is InChI=1S/C19H24N2/c1-18(2)12-19(3,13-5-7-14(20)8-6-13)16-10-9-15(21-4)11-17(16)18/h5-11,21H,12,20H2,1-4H3. The Balaban J connectivity index is 2.17. The van der Waals surface area contributed by atoms with Gasteiger partial charge in [-0.3, -0.25) is 0 Å². The van der Waals surface area contributed by atoms with Crippen LogP contribution in [-0.4, -0.2) is 7.05 Å². The second-order valence-electron chi connectivity index (χ2n) is 7.03. The van der Waals surface area contributed by atoms with Crippen molar-refractivity contribution >= 4 is 11.4 Å². The van der Waals surface area contributed by atoms with Crippen LogP contribution in [0.4, 0.5) is 11.4 Å². The predicted octanol–water partition coefficient (Wildman–Crippen LogP) is 4.30. The number of hydrogen-bond acceptors (Lipinski definition) is 2. The molecule has 1 atom stereocenters. The second kappa shape index (κ2) is 4.52. The lowest BCUT2D eigenvalue weighted by atomic mass is 9.75. The Morgan fingerprint density at radius 1 is 0.952 bits per heavy atom. The molecule has 1 aliphatic rings. The molecule has 0 aromatic heterocycles. The van der Waals surface area contributed by atoms with Gasteiger partial charge in [0.1, 0.15) is 0 Å². The fourth-order valence-electron chi connectivity index (χ4n) is 3.92. The number of hydrogen-bond donors (Lipinski definition) is 2. The summed E-state index contributed by atoms with van der Waals surface area (Å²) in [6.45, 7) is 7.03. The van der Waals surface area contributed by atoms with E-state index in [0.29, 0.717) is 0 Å². The maximum absolute atomic E-state index is 5.85. The molecule has 0 spiro atoms. The van der Waals surface area contributed by atoms with Crippen LogP contribution >= 0.6 is 0 Å². The molecule has 0 saturated carbocycles. The van der Waals surface area contributed by atoms with E-state index in [-0.39, 0.29) is 10.8 Å². The highest BCUT2D eigenvalue weighted by molar-refractivity contribution is 5.59. The molecule has 0 aliphatic heterocycles. The lowest BCUT2D eigenvalue weighted by Gasteiger charge is -2.28. The number of nitrogen functional groups attached to an aromatic ring is 1. The number of nitrogens with one attached hydrogen (secondary N) is 1. The van der Waals surface area contributed by atoms with Gasteiger partial charge in [0.05, 0.1) is 0 Å². The van der Waals surface area contributed by atoms with Crippen molar-refractivity contribution in [3.05, 3.63) is 59.2 Å². The van der Waals surface area contributed by atoms with E-state index in [1.54, 1.807) is 0 Å². The van der Waals surface area contributed by atoms with E-state index in [1.807, 2.05) is 19.2 Å². The van der Waals surface area contributed by atoms with Crippen LogP contribution in [0.5, 0.6) is 0 Å². The van der Waals surface area contributed by atoms with E-state index in [1.165, 1.54) is 22.4 Å². The lowest BCUT2D eigenvalue weighted by Crippen LogP contribution is -2.23. The number of benzene rings is 2. The van der Waals surface area contributed by atoms with Gasteiger partial charge in [0.25, 0.3) is 0 Å². The first-order valence-corrected chi connectivity index (χ1v) is 7.56. The number of anilines is 2. The topological polar surface area (TPSA) is 38.0 Å². The van der Waals surface area contributed by atoms with Crippen LogP contribution in [-0.2, 0) is 10.8 Å². The fourth-order valence-corrected chi connectivity index (χ4v) is 3.92. The molecule has 2 aromatic rings. The molecule has 2 nitrogen and oxygen atoms in total. The minimum Gasteiger partial charge on any atom is -0.399 e. The Morgan fingerprint density at radius 2 is 1.62 bits per heavy atom. The first-order valence-electron chi connectivity index (χ1n) is 7.56. The van der Waals surface area contributed by atoms with Crippen molar-refractivity contribution in [2.45, 2.75) is 38.0 Å². The average molecular weight is 280 g/mol. The van der Waals surface area contributed by atoms with E-state index in [9.17, 15) is 0 Å². The molecule has 110 valence electrons. The normalized spacial score (nSPS) is 22.9. The summed E-state index contributed by atoms with van der Waals surface area (Å²) in [7, 11) is 1.98. The summed E-state index contributed by atoms with van der Waals surface area (Å²) in [5.41, 5.74) is 12.3. The SMILES string of the molecule is CNc1ccc2c(c1)C(C)(C)CC2(C)c1ccc(N)cc1. The van der Waals surface area contributed by atoms with Gasteiger partial charge in [-0.05, 0) is 52.8 Å². The van der Waals surface area contributed by atoms with Crippen LogP contribution < -0.4 is 11.1 Å². The van der Waals surface area contributed by atoms with Crippen molar-refractivity contribution < 1.29 is 0 Å². The molecule has 0 bridgehead atoms. The Bertz CT molecular complexity index is 670. The first-order chi connectivity index (χ1) is 9.87. The van der Waals surface area contributed by atoms with Gasteiger partial charge in [-0.1, -0.05) is 39.0 Å². The zero-order chi connectivity index (χ0) is 15.3. The van der Waals surface area contributed by atoms with E-state index in [0.717, 1.165) is 12.1 Å². The molecule has 1 aliphatic carbocycles. The summed E-state index contributed by atoms with van der Waals surface area (Å²) in [6.07, 6.45) is 1.12. The smallest absolute Gasteiger partial charge is 0.0340 e. The van der Waals surface area contributed by atoms with Gasteiger partial charge in [-0.15, -0.1) is 0 Å². The van der Waals surface area contributed by atoms with Gasteiger partial charge >= 0.3 is 0 Å². The highest BCUT2D eigenvalue weighted by Crippen LogP contribution is 2.53. The molecule has 2 aromatic carbocycles. The highest BCUT2D eigenvalue weighted by Gasteiger charge is 2.45. The van der Waals surface area contributed by atoms with Gasteiger partial charge in [-0.25, -0.2) is 0 Å². The zero-order valence-electron chi connectivity index (χ0n) is 13.3. The van der Waals surface area contributed by atoms with Crippen molar-refractivity contribution in [3.63, 3.8) is 0 Å². The molecule has 21 heavy (non-hydrogen) atoms. The molecule has 0 amide bonds. The predicted molar refractivity (Wildman–Crippen MR) is 90.9 cm³/mol. The second-order valence-corrected chi connectivity index (χ2v) is 7.03. The third-order valence-corrected chi connectivity index (χ3v) is 4.98. The van der Waals surface area contributed by atoms with Crippen molar-refractivity contribution in [2.75, 3.05) is 18.1 Å². The van der Waals surface area contributed by atoms with Crippen LogP contribution in [0.15, 0.2) is 42.5 Å². The van der Waals surface area contributed by atoms with E-state index >= 15 is 0 Å². The number of fused-ring (bicyclic) bond motifs is 1. The summed E-state index contributed by atoms with van der Waals surface area (Å²) in [5.74, 6) is 0. The van der Waals surface area contributed by atoms with Gasteiger partial charge in [-0.2, -0.15) is 0 Å². The lowest BCUT2D eigenvalue weighted by molar-refractivity contribution is 0.425. The molecule has 1 unspecified atom stereocenters. The van der Waals surface area contributed by atoms with E-state index in [2.05, 4.69) is 56.4 Å². The third-order valence-electron chi connectivity index (χ3n) is 4.98. The molecule has 2 heteroatoms. The Hall–Kier alpha value is -1.96. The molecular formula is C19H24N2. The van der Waals surface area contributed by atoms with Gasteiger partial charge in [0, 0.05) is 23.8 Å². The minimum absolute atomic E-state index is 0.0544. The molecule has 0 heterocycles. The average Bonchev–Trinajstić information content (AvgIpc) is 2.67. The Kier molecular flexibility index (Phi) is 3.01. The van der Waals surface area contributed by atoms with Gasteiger partial charge in [0.15, 0.2) is 0 Å². The summed E-state index contributed by atoms with van der Waals surface area (Å²) in [5, 5.41) is 3.25. The van der Waals surface area contributed by atoms with Crippen molar-refractivity contribution in [2.24, 2.45) is 0 Å². The van der Waals surface area contributed by atoms with Crippen molar-refractivity contribution in [3.8, 4) is 0 Å². The Labute approximate surface area is 127 Å². The summed E-state index contributed by atoms with van der Waals surface area (Å²) < 4.78 is 0. The van der Waals surface area contributed by atoms with Crippen molar-refractivity contribution in [1.82, 2.24) is 0 Å². The van der Waals surface area contributed by atoms with Crippen LogP contribution in [0.1, 0.15) is 43.9 Å². The molecular weight excluding hydrogens is 256 g/mol. The largest absolute Gasteiger partial charge is 0.399 e. The summed E-state index contributed by atoms with van der Waals surface area (Å²) in [4.78, 5) is 0. The third kappa shape index (κ3) is 2.10. The monoisotopic (exact) mass is 280 g/mol. The first kappa shape index (κ1) is 14.0. The molecule has 3 N–H and O–H groups in total. The van der Waals surface area contributed by atoms with Crippen LogP contribution in [0.3, 0.4) is 0 Å². The maximum atomic E-state index is 5.85. The maximum Gasteiger partial charge on any atom is 0.0340 e. The molecule has 0 fully saturated rings. The Morgan fingerprint density at radius 3 is 2.24 bits per heavy atom. The molecule has 0 radical (unpaired) electrons. The van der Waals surface area contributed by atoms with Crippen LogP contribution in [0.2, 0.25) is 0 Å². The van der Waals surface area contributed by atoms with Crippen LogP contribution in [0.25, 0.3) is 0 Å². The van der Waals surface area contributed by atoms with E-state index in [4.69, 9.17) is 5.73 Å². The quantitative estimate of drug-likeness (QED) is 0.805. The van der Waals surface area contributed by atoms with Gasteiger partial charge in [0.2, 0.25) is 0 Å². The molecule has 3 rings (SSSR count). The molecule has 0 saturated heterocycles. The van der Waals surface area contributed by atoms with Gasteiger partial charge < -0.3 is 11.1 Å².